The first kappa shape index (κ1) is 99.8. The van der Waals surface area contributed by atoms with Crippen LogP contribution in [0.1, 0.15) is 173 Å². The maximum atomic E-state index is 14.3. The molecule has 1 saturated heterocycles. The summed E-state index contributed by atoms with van der Waals surface area (Å²) in [4.78, 5) is 230. The molecular formula is C71H126N18O22. The molecule has 0 aromatic rings. The Balaban J connectivity index is 3.34. The second-order valence-corrected chi connectivity index (χ2v) is 30.2. The predicted molar refractivity (Wildman–Crippen MR) is 402 cm³/mol. The van der Waals surface area contributed by atoms with E-state index in [0.717, 1.165) is 6.92 Å². The molecule has 0 spiro atoms. The highest BCUT2D eigenvalue weighted by Gasteiger charge is 2.42. The summed E-state index contributed by atoms with van der Waals surface area (Å²) >= 11 is 0. The van der Waals surface area contributed by atoms with Crippen LogP contribution in [0, 0.1) is 35.5 Å². The number of unbranched alkanes of at least 4 members (excludes halogenated alkanes) is 2. The first-order chi connectivity index (χ1) is 51.9. The lowest BCUT2D eigenvalue weighted by Crippen LogP contribution is -2.63. The molecule has 1 aliphatic rings. The summed E-state index contributed by atoms with van der Waals surface area (Å²) in [7, 11) is 0. The molecule has 25 N–H and O–H groups in total. The largest absolute Gasteiger partial charge is 0.481 e. The lowest BCUT2D eigenvalue weighted by molar-refractivity contribution is -0.142. The number of likely N-dealkylation sites (tertiary alicyclic amines) is 1. The molecule has 0 aliphatic carbocycles. The Labute approximate surface area is 647 Å². The fraction of sp³-hybridized carbons (Fsp3) is 0.761. The standard InChI is InChI=1S/C71H126N18O22/c1-35(2)25-42(74)59(99)79-43(19-14-16-22-72)62(102)84-49(33-90)65(105)80-44(20-15-17-23-73)61(101)81-45(26-36(3)4)60(100)76-31-53(94)78-47(29-54(95)96)63(103)82-46(27-37(5)6)64(104)86-57(40(11)12)69(109)88-58(41(13)92)70(110)87-56(39(9)10)68(108)85-50(34-91)66(106)83-48(28-38(7)8)71(111)89-24-18-21-51(89)67(107)77-30-52(93)75-32-55(97)98/h35-51,56-58,90-92H,14-34,72-74H2,1-13H3,(H,75,93)(H,76,100)(H,77,107)(H,78,94)(H,79,99)(H,80,105)(H,81,101)(H,82,103)(H,83,106)(H,84,102)(H,85,108)(H,86,104)(H,87,110)(H,88,109)(H,95,96)(H,97,98)/t41-,42+,43+,44+,45+,46+,47+,48+,49+,50+,51+,56+,57+,58+/m1/s1. The molecule has 0 unspecified atom stereocenters. The van der Waals surface area contributed by atoms with Gasteiger partial charge in [0.25, 0.3) is 0 Å². The highest BCUT2D eigenvalue weighted by Crippen LogP contribution is 2.22. The third-order valence-electron chi connectivity index (χ3n) is 17.6. The van der Waals surface area contributed by atoms with Crippen LogP contribution in [0.2, 0.25) is 0 Å². The van der Waals surface area contributed by atoms with E-state index in [4.69, 9.17) is 22.3 Å². The molecule has 1 rings (SSSR count). The molecule has 15 amide bonds. The number of carbonyl (C=O) groups is 17. The van der Waals surface area contributed by atoms with Crippen LogP contribution >= 0.6 is 0 Å². The SMILES string of the molecule is CC(C)C[C@H](NC(=O)[C@H](CCCCN)NC(=O)[C@H](CO)NC(=O)[C@H](CCCCN)NC(=O)[C@@H](N)CC(C)C)C(=O)NCC(=O)N[C@@H](CC(=O)O)C(=O)N[C@@H](CC(C)C)C(=O)N[C@H](C(=O)N[C@H](C(=O)N[C@H](C(=O)N[C@@H](CO)C(=O)N[C@@H](CC(C)C)C(=O)N1CCC[C@H]1C(=O)NCC(=O)NCC(=O)O)C(C)C)[C@@H](C)O)C(C)C. The number of aliphatic carboxylic acids is 2. The number of nitrogens with one attached hydrogen (secondary N) is 14. The van der Waals surface area contributed by atoms with Gasteiger partial charge in [0, 0.05) is 6.54 Å². The summed E-state index contributed by atoms with van der Waals surface area (Å²) in [5.41, 5.74) is 17.4. The van der Waals surface area contributed by atoms with Crippen molar-refractivity contribution in [1.82, 2.24) is 79.3 Å². The lowest BCUT2D eigenvalue weighted by atomic mass is 9.98. The molecule has 14 atom stereocenters. The number of aliphatic hydroxyl groups is 3. The van der Waals surface area contributed by atoms with Gasteiger partial charge in [-0.3, -0.25) is 81.5 Å². The van der Waals surface area contributed by atoms with Gasteiger partial charge in [-0.15, -0.1) is 0 Å². The van der Waals surface area contributed by atoms with E-state index in [1.165, 1.54) is 32.6 Å². The normalized spacial score (nSPS) is 16.3. The second kappa shape index (κ2) is 51.3. The smallest absolute Gasteiger partial charge is 0.322 e. The van der Waals surface area contributed by atoms with E-state index in [0.29, 0.717) is 38.6 Å². The average Bonchev–Trinajstić information content (AvgIpc) is 1.61. The third-order valence-corrected chi connectivity index (χ3v) is 17.6. The maximum Gasteiger partial charge on any atom is 0.322 e. The Morgan fingerprint density at radius 1 is 0.387 bits per heavy atom. The predicted octanol–water partition coefficient (Wildman–Crippen LogP) is -6.33. The fourth-order valence-electron chi connectivity index (χ4n) is 11.7. The van der Waals surface area contributed by atoms with E-state index >= 15 is 0 Å². The van der Waals surface area contributed by atoms with Gasteiger partial charge in [0.05, 0.1) is 44.9 Å². The van der Waals surface area contributed by atoms with Crippen LogP contribution in [0.25, 0.3) is 0 Å². The minimum atomic E-state index is -1.90. The number of amides is 15. The Kier molecular flexibility index (Phi) is 46.1. The van der Waals surface area contributed by atoms with Crippen LogP contribution < -0.4 is 91.6 Å². The van der Waals surface area contributed by atoms with Crippen molar-refractivity contribution in [3.8, 4) is 0 Å². The summed E-state index contributed by atoms with van der Waals surface area (Å²) in [6.45, 7) is 17.6. The first-order valence-electron chi connectivity index (χ1n) is 37.9. The van der Waals surface area contributed by atoms with Crippen molar-refractivity contribution in [2.75, 3.05) is 52.5 Å². The van der Waals surface area contributed by atoms with E-state index in [2.05, 4.69) is 74.4 Å². The maximum absolute atomic E-state index is 14.3. The molecule has 1 heterocycles. The van der Waals surface area contributed by atoms with E-state index in [1.54, 1.807) is 41.5 Å². The minimum Gasteiger partial charge on any atom is -0.481 e. The highest BCUT2D eigenvalue weighted by molar-refractivity contribution is 6.01. The Hall–Kier alpha value is -9.25. The number of nitrogens with zero attached hydrogens (tertiary/aromatic N) is 1. The van der Waals surface area contributed by atoms with E-state index in [9.17, 15) is 102 Å². The molecule has 632 valence electrons. The van der Waals surface area contributed by atoms with Crippen molar-refractivity contribution in [2.45, 2.75) is 258 Å². The van der Waals surface area contributed by atoms with Crippen molar-refractivity contribution < 1.29 is 107 Å². The molecule has 1 fully saturated rings. The summed E-state index contributed by atoms with van der Waals surface area (Å²) < 4.78 is 0. The summed E-state index contributed by atoms with van der Waals surface area (Å²) in [6, 6.07) is -19.0. The summed E-state index contributed by atoms with van der Waals surface area (Å²) in [5, 5.41) is 84.3. The second-order valence-electron chi connectivity index (χ2n) is 30.2. The lowest BCUT2D eigenvalue weighted by Gasteiger charge is -2.31. The van der Waals surface area contributed by atoms with Gasteiger partial charge in [0.15, 0.2) is 0 Å². The number of hydrogen-bond donors (Lipinski definition) is 22. The zero-order valence-electron chi connectivity index (χ0n) is 66.3. The van der Waals surface area contributed by atoms with Crippen molar-refractivity contribution >= 4 is 101 Å². The van der Waals surface area contributed by atoms with Gasteiger partial charge in [0.2, 0.25) is 88.6 Å². The van der Waals surface area contributed by atoms with E-state index < -0.39 is 236 Å². The van der Waals surface area contributed by atoms with Gasteiger partial charge in [0.1, 0.15) is 79.0 Å². The van der Waals surface area contributed by atoms with Gasteiger partial charge in [-0.1, -0.05) is 83.1 Å². The first-order valence-corrected chi connectivity index (χ1v) is 37.9. The Morgan fingerprint density at radius 3 is 1.22 bits per heavy atom. The number of nitrogens with two attached hydrogens (primary N) is 3. The highest BCUT2D eigenvalue weighted by atomic mass is 16.4. The van der Waals surface area contributed by atoms with Crippen molar-refractivity contribution in [1.29, 1.82) is 0 Å². The molecule has 40 nitrogen and oxygen atoms in total. The molecule has 0 aromatic carbocycles. The molecule has 0 aromatic heterocycles. The zero-order valence-corrected chi connectivity index (χ0v) is 66.3. The third kappa shape index (κ3) is 37.6. The quantitative estimate of drug-likeness (QED) is 0.0252. The zero-order chi connectivity index (χ0) is 84.7. The van der Waals surface area contributed by atoms with E-state index in [-0.39, 0.29) is 81.7 Å². The summed E-state index contributed by atoms with van der Waals surface area (Å²) in [5.74, 6) is -19.3. The Morgan fingerprint density at radius 2 is 0.766 bits per heavy atom. The van der Waals surface area contributed by atoms with Crippen LogP contribution in [-0.2, 0) is 81.5 Å². The molecule has 0 bridgehead atoms. The number of carboxylic acid groups (broad SMARTS) is 2. The van der Waals surface area contributed by atoms with Crippen molar-refractivity contribution in [2.24, 2.45) is 52.7 Å². The Bertz CT molecular complexity index is 3120. The number of carboxylic acids is 2. The molecule has 1 aliphatic heterocycles. The fourth-order valence-corrected chi connectivity index (χ4v) is 11.7. The van der Waals surface area contributed by atoms with Gasteiger partial charge in [-0.2, -0.15) is 0 Å². The molecule has 0 saturated carbocycles. The number of carbonyl (C=O) groups excluding carboxylic acids is 15. The van der Waals surface area contributed by atoms with Crippen LogP contribution in [-0.4, -0.2) is 268 Å². The van der Waals surface area contributed by atoms with Gasteiger partial charge in [-0.05, 0) is 133 Å². The van der Waals surface area contributed by atoms with Crippen LogP contribution in [0.4, 0.5) is 0 Å². The van der Waals surface area contributed by atoms with Crippen molar-refractivity contribution in [3.63, 3.8) is 0 Å². The molecule has 0 radical (unpaired) electrons. The van der Waals surface area contributed by atoms with Crippen LogP contribution in [0.3, 0.4) is 0 Å². The van der Waals surface area contributed by atoms with Gasteiger partial charge in [-0.25, -0.2) is 0 Å². The van der Waals surface area contributed by atoms with Gasteiger partial charge >= 0.3 is 11.9 Å². The topological polar surface area (TPSA) is 641 Å². The molecule has 40 heteroatoms. The van der Waals surface area contributed by atoms with Crippen LogP contribution in [0.5, 0.6) is 0 Å². The average molecular weight is 1580 g/mol. The van der Waals surface area contributed by atoms with Crippen molar-refractivity contribution in [3.05, 3.63) is 0 Å². The minimum absolute atomic E-state index is 0.0270. The number of hydrogen-bond acceptors (Lipinski definition) is 23. The molecule has 111 heavy (non-hydrogen) atoms. The number of rotatable bonds is 53. The van der Waals surface area contributed by atoms with Crippen LogP contribution in [0.15, 0.2) is 0 Å². The monoisotopic (exact) mass is 1580 g/mol. The van der Waals surface area contributed by atoms with Gasteiger partial charge < -0.3 is 122 Å². The summed E-state index contributed by atoms with van der Waals surface area (Å²) in [6.07, 6.45) is -0.374. The van der Waals surface area contributed by atoms with E-state index in [1.807, 2.05) is 13.8 Å². The number of aliphatic hydroxyl groups excluding tert-OH is 3. The molecular weight excluding hydrogens is 1460 g/mol.